The van der Waals surface area contributed by atoms with Crippen molar-refractivity contribution in [1.29, 1.82) is 0 Å². The number of benzene rings is 1. The van der Waals surface area contributed by atoms with Gasteiger partial charge in [-0.15, -0.1) is 10.2 Å². The van der Waals surface area contributed by atoms with Crippen LogP contribution in [0.1, 0.15) is 12.8 Å². The van der Waals surface area contributed by atoms with Crippen molar-refractivity contribution in [3.8, 4) is 17.0 Å². The molecule has 1 saturated heterocycles. The highest BCUT2D eigenvalue weighted by atomic mass is 35.5. The van der Waals surface area contributed by atoms with Gasteiger partial charge in [0.1, 0.15) is 17.4 Å². The minimum atomic E-state index is -0.626. The summed E-state index contributed by atoms with van der Waals surface area (Å²) < 4.78 is 14.0. The van der Waals surface area contributed by atoms with E-state index in [4.69, 9.17) is 11.6 Å². The largest absolute Gasteiger partial charge is 0.507 e. The minimum Gasteiger partial charge on any atom is -0.507 e. The standard InChI is InChI=1S/C16H18ClFN4O/c1-22-6-2-3-11(9-22)19-15-5-4-13(20-21-15)16-12(18)7-10(17)8-14(16)23/h4-5,7-8,11,23H,2-3,6,9H2,1H3,(H,19,21)/t11-/m0/s1. The predicted molar refractivity (Wildman–Crippen MR) is 88.2 cm³/mol. The van der Waals surface area contributed by atoms with Gasteiger partial charge in [0.15, 0.2) is 0 Å². The Morgan fingerprint density at radius 2 is 2.17 bits per heavy atom. The van der Waals surface area contributed by atoms with E-state index in [2.05, 4.69) is 27.5 Å². The summed E-state index contributed by atoms with van der Waals surface area (Å²) in [4.78, 5) is 2.27. The van der Waals surface area contributed by atoms with Crippen LogP contribution in [0.15, 0.2) is 24.3 Å². The highest BCUT2D eigenvalue weighted by molar-refractivity contribution is 6.30. The smallest absolute Gasteiger partial charge is 0.148 e. The lowest BCUT2D eigenvalue weighted by atomic mass is 10.1. The van der Waals surface area contributed by atoms with E-state index in [0.717, 1.165) is 32.0 Å². The Labute approximate surface area is 139 Å². The van der Waals surface area contributed by atoms with Crippen molar-refractivity contribution in [1.82, 2.24) is 15.1 Å². The predicted octanol–water partition coefficient (Wildman–Crippen LogP) is 3.15. The molecule has 0 radical (unpaired) electrons. The molecule has 2 aromatic rings. The molecule has 1 aliphatic rings. The number of aromatic nitrogens is 2. The summed E-state index contributed by atoms with van der Waals surface area (Å²) in [6, 6.07) is 6.13. The fraction of sp³-hybridized carbons (Fsp3) is 0.375. The topological polar surface area (TPSA) is 61.3 Å². The van der Waals surface area contributed by atoms with Gasteiger partial charge in [-0.25, -0.2) is 4.39 Å². The van der Waals surface area contributed by atoms with Gasteiger partial charge < -0.3 is 15.3 Å². The van der Waals surface area contributed by atoms with Gasteiger partial charge in [-0.1, -0.05) is 11.6 Å². The number of halogens is 2. The second-order valence-electron chi connectivity index (χ2n) is 5.83. The van der Waals surface area contributed by atoms with Crippen molar-refractivity contribution in [2.75, 3.05) is 25.5 Å². The van der Waals surface area contributed by atoms with Crippen molar-refractivity contribution in [3.63, 3.8) is 0 Å². The zero-order valence-electron chi connectivity index (χ0n) is 12.8. The van der Waals surface area contributed by atoms with Crippen molar-refractivity contribution in [3.05, 3.63) is 35.1 Å². The highest BCUT2D eigenvalue weighted by Gasteiger charge is 2.18. The average molecular weight is 337 g/mol. The van der Waals surface area contributed by atoms with Crippen LogP contribution in [-0.2, 0) is 0 Å². The van der Waals surface area contributed by atoms with Crippen LogP contribution in [-0.4, -0.2) is 46.4 Å². The first-order chi connectivity index (χ1) is 11.0. The number of likely N-dealkylation sites (N-methyl/N-ethyl adjacent to an activating group) is 1. The number of aromatic hydroxyl groups is 1. The lowest BCUT2D eigenvalue weighted by Crippen LogP contribution is -2.39. The van der Waals surface area contributed by atoms with Gasteiger partial charge in [-0.3, -0.25) is 0 Å². The van der Waals surface area contributed by atoms with Crippen LogP contribution in [0.2, 0.25) is 5.02 Å². The maximum Gasteiger partial charge on any atom is 0.148 e. The second-order valence-corrected chi connectivity index (χ2v) is 6.27. The molecule has 23 heavy (non-hydrogen) atoms. The van der Waals surface area contributed by atoms with Gasteiger partial charge >= 0.3 is 0 Å². The first kappa shape index (κ1) is 16.0. The zero-order chi connectivity index (χ0) is 16.4. The highest BCUT2D eigenvalue weighted by Crippen LogP contribution is 2.33. The van der Waals surface area contributed by atoms with Gasteiger partial charge in [0.2, 0.25) is 0 Å². The van der Waals surface area contributed by atoms with Crippen molar-refractivity contribution in [2.24, 2.45) is 0 Å². The van der Waals surface area contributed by atoms with E-state index in [1.807, 2.05) is 0 Å². The maximum atomic E-state index is 14.0. The fourth-order valence-electron chi connectivity index (χ4n) is 2.85. The molecule has 0 amide bonds. The number of rotatable bonds is 3. The van der Waals surface area contributed by atoms with E-state index in [9.17, 15) is 9.50 Å². The monoisotopic (exact) mass is 336 g/mol. The molecule has 0 spiro atoms. The lowest BCUT2D eigenvalue weighted by Gasteiger charge is -2.30. The first-order valence-corrected chi connectivity index (χ1v) is 7.88. The Kier molecular flexibility index (Phi) is 4.63. The Balaban J connectivity index is 1.77. The SMILES string of the molecule is CN1CCC[C@H](Nc2ccc(-c3c(O)cc(Cl)cc3F)nn2)C1. The summed E-state index contributed by atoms with van der Waals surface area (Å²) in [6.07, 6.45) is 2.23. The van der Waals surface area contributed by atoms with Crippen LogP contribution < -0.4 is 5.32 Å². The molecular weight excluding hydrogens is 319 g/mol. The summed E-state index contributed by atoms with van der Waals surface area (Å²) in [5, 5.41) is 21.4. The average Bonchev–Trinajstić information content (AvgIpc) is 2.48. The lowest BCUT2D eigenvalue weighted by molar-refractivity contribution is 0.260. The van der Waals surface area contributed by atoms with Crippen LogP contribution in [0.4, 0.5) is 10.2 Å². The number of phenols is 1. The molecule has 2 N–H and O–H groups in total. The van der Waals surface area contributed by atoms with Crippen LogP contribution in [0.25, 0.3) is 11.3 Å². The number of hydrogen-bond donors (Lipinski definition) is 2. The van der Waals surface area contributed by atoms with Crippen molar-refractivity contribution < 1.29 is 9.50 Å². The summed E-state index contributed by atoms with van der Waals surface area (Å²) in [5.41, 5.74) is 0.272. The normalized spacial score (nSPS) is 18.8. The molecule has 1 aliphatic heterocycles. The van der Waals surface area contributed by atoms with Gasteiger partial charge in [0.05, 0.1) is 11.3 Å². The van der Waals surface area contributed by atoms with Crippen molar-refractivity contribution >= 4 is 17.4 Å². The number of piperidine rings is 1. The first-order valence-electron chi connectivity index (χ1n) is 7.50. The van der Waals surface area contributed by atoms with Crippen LogP contribution in [0.5, 0.6) is 5.75 Å². The Bertz CT molecular complexity index is 672. The molecule has 1 aromatic carbocycles. The van der Waals surface area contributed by atoms with Gasteiger partial charge in [0, 0.05) is 17.6 Å². The molecule has 7 heteroatoms. The zero-order valence-corrected chi connectivity index (χ0v) is 13.5. The van der Waals surface area contributed by atoms with Gasteiger partial charge in [-0.2, -0.15) is 0 Å². The molecule has 0 bridgehead atoms. The Morgan fingerprint density at radius 3 is 2.83 bits per heavy atom. The molecule has 0 saturated carbocycles. The van der Waals surface area contributed by atoms with Crippen LogP contribution in [0.3, 0.4) is 0 Å². The number of hydrogen-bond acceptors (Lipinski definition) is 5. The summed E-state index contributed by atoms with van der Waals surface area (Å²) in [7, 11) is 2.09. The molecule has 5 nitrogen and oxygen atoms in total. The quantitative estimate of drug-likeness (QED) is 0.901. The van der Waals surface area contributed by atoms with Crippen molar-refractivity contribution in [2.45, 2.75) is 18.9 Å². The third kappa shape index (κ3) is 3.71. The van der Waals surface area contributed by atoms with E-state index < -0.39 is 5.82 Å². The molecule has 3 rings (SSSR count). The molecule has 2 heterocycles. The second kappa shape index (κ2) is 6.68. The Hall–Kier alpha value is -1.92. The minimum absolute atomic E-state index is 0.00542. The molecule has 122 valence electrons. The molecule has 0 aliphatic carbocycles. The third-order valence-corrected chi connectivity index (χ3v) is 4.15. The van der Waals surface area contributed by atoms with Gasteiger partial charge in [0.25, 0.3) is 0 Å². The molecule has 1 atom stereocenters. The van der Waals surface area contributed by atoms with E-state index in [-0.39, 0.29) is 22.0 Å². The van der Waals surface area contributed by atoms with E-state index in [1.54, 1.807) is 12.1 Å². The van der Waals surface area contributed by atoms with E-state index in [1.165, 1.54) is 6.07 Å². The fourth-order valence-corrected chi connectivity index (χ4v) is 3.05. The Morgan fingerprint density at radius 1 is 1.35 bits per heavy atom. The molecule has 1 fully saturated rings. The molecular formula is C16H18ClFN4O. The van der Waals surface area contributed by atoms with E-state index >= 15 is 0 Å². The molecule has 1 aromatic heterocycles. The summed E-state index contributed by atoms with van der Waals surface area (Å²) >= 11 is 5.71. The molecule has 0 unspecified atom stereocenters. The van der Waals surface area contributed by atoms with Crippen LogP contribution in [0, 0.1) is 5.82 Å². The van der Waals surface area contributed by atoms with Gasteiger partial charge in [-0.05, 0) is 50.7 Å². The maximum absolute atomic E-state index is 14.0. The number of phenolic OH excluding ortho intramolecular Hbond substituents is 1. The summed E-state index contributed by atoms with van der Waals surface area (Å²) in [5.74, 6) is -0.235. The number of nitrogens with one attached hydrogen (secondary N) is 1. The van der Waals surface area contributed by atoms with E-state index in [0.29, 0.717) is 11.9 Å². The number of anilines is 1. The third-order valence-electron chi connectivity index (χ3n) is 3.93. The number of nitrogens with zero attached hydrogens (tertiary/aromatic N) is 3. The van der Waals surface area contributed by atoms with Crippen LogP contribution >= 0.6 is 11.6 Å². The number of likely N-dealkylation sites (tertiary alicyclic amines) is 1. The summed E-state index contributed by atoms with van der Waals surface area (Å²) in [6.45, 7) is 2.06.